The molecule has 0 aromatic carbocycles. The number of rotatable bonds is 4. The molecule has 1 aliphatic rings. The maximum Gasteiger partial charge on any atom is 0.293 e. The predicted octanol–water partition coefficient (Wildman–Crippen LogP) is 1.81. The van der Waals surface area contributed by atoms with Gasteiger partial charge in [0.2, 0.25) is 0 Å². The number of hydrogen-bond acceptors (Lipinski definition) is 3. The van der Waals surface area contributed by atoms with E-state index in [9.17, 15) is 4.79 Å². The van der Waals surface area contributed by atoms with Crippen molar-refractivity contribution in [1.29, 1.82) is 0 Å². The smallest absolute Gasteiger partial charge is 0.293 e. The molecule has 0 aromatic heterocycles. The van der Waals surface area contributed by atoms with E-state index in [1.54, 1.807) is 0 Å². The van der Waals surface area contributed by atoms with Gasteiger partial charge in [-0.05, 0) is 33.6 Å². The van der Waals surface area contributed by atoms with Crippen LogP contribution in [0.15, 0.2) is 0 Å². The molecule has 1 unspecified atom stereocenters. The third-order valence-corrected chi connectivity index (χ3v) is 3.24. The Morgan fingerprint density at radius 1 is 1.57 bits per heavy atom. The van der Waals surface area contributed by atoms with Crippen molar-refractivity contribution in [1.82, 2.24) is 4.90 Å². The molecule has 3 nitrogen and oxygen atoms in total. The van der Waals surface area contributed by atoms with Gasteiger partial charge in [-0.1, -0.05) is 6.42 Å². The molecule has 0 aromatic rings. The molecule has 0 N–H and O–H groups in total. The first-order valence-corrected chi connectivity index (χ1v) is 5.40. The summed E-state index contributed by atoms with van der Waals surface area (Å²) in [6.07, 6.45) is 3.79. The van der Waals surface area contributed by atoms with Crippen LogP contribution in [0, 0.1) is 0 Å². The SMILES string of the molecule is CC1CCCC(C)(C)N1CCOC=O. The molecule has 14 heavy (non-hydrogen) atoms. The standard InChI is InChI=1S/C11H21NO2/c1-10-5-4-6-11(2,3)12(10)7-8-14-9-13/h9-10H,4-8H2,1-3H3. The van der Waals surface area contributed by atoms with E-state index >= 15 is 0 Å². The minimum absolute atomic E-state index is 0.254. The number of likely N-dealkylation sites (tertiary alicyclic amines) is 1. The molecule has 0 radical (unpaired) electrons. The van der Waals surface area contributed by atoms with E-state index in [0.29, 0.717) is 19.1 Å². The topological polar surface area (TPSA) is 29.5 Å². The number of carbonyl (C=O) groups excluding carboxylic acids is 1. The molecular formula is C11H21NO2. The van der Waals surface area contributed by atoms with Crippen LogP contribution >= 0.6 is 0 Å². The number of nitrogens with zero attached hydrogens (tertiary/aromatic N) is 1. The monoisotopic (exact) mass is 199 g/mol. The first-order valence-electron chi connectivity index (χ1n) is 5.40. The molecule has 1 rings (SSSR count). The van der Waals surface area contributed by atoms with Crippen LogP contribution in [0.5, 0.6) is 0 Å². The molecule has 0 amide bonds. The zero-order chi connectivity index (χ0) is 10.6. The van der Waals surface area contributed by atoms with Crippen LogP contribution in [0.4, 0.5) is 0 Å². The first kappa shape index (κ1) is 11.5. The fourth-order valence-corrected chi connectivity index (χ4v) is 2.45. The molecule has 0 spiro atoms. The summed E-state index contributed by atoms with van der Waals surface area (Å²) < 4.78 is 4.76. The lowest BCUT2D eigenvalue weighted by atomic mass is 9.87. The van der Waals surface area contributed by atoms with Crippen molar-refractivity contribution >= 4 is 6.47 Å². The normalized spacial score (nSPS) is 27.2. The largest absolute Gasteiger partial charge is 0.467 e. The third kappa shape index (κ3) is 2.71. The average Bonchev–Trinajstić information content (AvgIpc) is 2.09. The van der Waals surface area contributed by atoms with Crippen LogP contribution < -0.4 is 0 Å². The van der Waals surface area contributed by atoms with E-state index in [2.05, 4.69) is 25.7 Å². The van der Waals surface area contributed by atoms with Crippen molar-refractivity contribution in [3.05, 3.63) is 0 Å². The molecule has 1 heterocycles. The molecule has 1 saturated heterocycles. The number of ether oxygens (including phenoxy) is 1. The van der Waals surface area contributed by atoms with E-state index in [4.69, 9.17) is 4.74 Å². The highest BCUT2D eigenvalue weighted by molar-refractivity contribution is 5.36. The van der Waals surface area contributed by atoms with Crippen LogP contribution in [-0.2, 0) is 9.53 Å². The summed E-state index contributed by atoms with van der Waals surface area (Å²) in [5.74, 6) is 0. The second kappa shape index (κ2) is 4.78. The van der Waals surface area contributed by atoms with Gasteiger partial charge in [0.05, 0.1) is 0 Å². The highest BCUT2D eigenvalue weighted by atomic mass is 16.5. The summed E-state index contributed by atoms with van der Waals surface area (Å²) in [4.78, 5) is 12.5. The van der Waals surface area contributed by atoms with Crippen molar-refractivity contribution in [3.8, 4) is 0 Å². The molecule has 82 valence electrons. The highest BCUT2D eigenvalue weighted by Gasteiger charge is 2.33. The lowest BCUT2D eigenvalue weighted by molar-refractivity contribution is -0.130. The number of piperidine rings is 1. The van der Waals surface area contributed by atoms with E-state index in [1.807, 2.05) is 0 Å². The Labute approximate surface area is 86.4 Å². The van der Waals surface area contributed by atoms with Gasteiger partial charge in [-0.3, -0.25) is 9.69 Å². The first-order chi connectivity index (χ1) is 6.58. The highest BCUT2D eigenvalue weighted by Crippen LogP contribution is 2.30. The second-order valence-electron chi connectivity index (χ2n) is 4.71. The third-order valence-electron chi connectivity index (χ3n) is 3.24. The zero-order valence-electron chi connectivity index (χ0n) is 9.45. The Morgan fingerprint density at radius 3 is 2.86 bits per heavy atom. The maximum absolute atomic E-state index is 10.0. The lowest BCUT2D eigenvalue weighted by Gasteiger charge is -2.46. The lowest BCUT2D eigenvalue weighted by Crippen LogP contribution is -2.53. The van der Waals surface area contributed by atoms with Gasteiger partial charge in [0, 0.05) is 18.1 Å². The molecule has 1 atom stereocenters. The second-order valence-corrected chi connectivity index (χ2v) is 4.71. The molecule has 3 heteroatoms. The summed E-state index contributed by atoms with van der Waals surface area (Å²) in [6.45, 7) is 8.68. The van der Waals surface area contributed by atoms with Crippen molar-refractivity contribution in [2.45, 2.75) is 51.6 Å². The van der Waals surface area contributed by atoms with Crippen molar-refractivity contribution < 1.29 is 9.53 Å². The van der Waals surface area contributed by atoms with Crippen LogP contribution in [-0.4, -0.2) is 36.1 Å². The number of carbonyl (C=O) groups is 1. The molecular weight excluding hydrogens is 178 g/mol. The Kier molecular flexibility index (Phi) is 3.93. The Hall–Kier alpha value is -0.570. The Morgan fingerprint density at radius 2 is 2.29 bits per heavy atom. The van der Waals surface area contributed by atoms with Crippen LogP contribution in [0.2, 0.25) is 0 Å². The van der Waals surface area contributed by atoms with Crippen LogP contribution in [0.1, 0.15) is 40.0 Å². The van der Waals surface area contributed by atoms with E-state index in [1.165, 1.54) is 19.3 Å². The fourth-order valence-electron chi connectivity index (χ4n) is 2.45. The zero-order valence-corrected chi connectivity index (χ0v) is 9.45. The summed E-state index contributed by atoms with van der Waals surface area (Å²) in [5, 5.41) is 0. The van der Waals surface area contributed by atoms with Gasteiger partial charge in [-0.2, -0.15) is 0 Å². The number of hydrogen-bond donors (Lipinski definition) is 0. The van der Waals surface area contributed by atoms with Crippen molar-refractivity contribution in [3.63, 3.8) is 0 Å². The quantitative estimate of drug-likeness (QED) is 0.511. The Bertz CT molecular complexity index is 192. The van der Waals surface area contributed by atoms with Crippen LogP contribution in [0.3, 0.4) is 0 Å². The van der Waals surface area contributed by atoms with Gasteiger partial charge < -0.3 is 4.74 Å². The molecule has 0 aliphatic carbocycles. The Balaban J connectivity index is 2.47. The van der Waals surface area contributed by atoms with Gasteiger partial charge in [-0.15, -0.1) is 0 Å². The van der Waals surface area contributed by atoms with Crippen molar-refractivity contribution in [2.75, 3.05) is 13.2 Å². The fraction of sp³-hybridized carbons (Fsp3) is 0.909. The van der Waals surface area contributed by atoms with Gasteiger partial charge in [0.1, 0.15) is 6.61 Å². The summed E-state index contributed by atoms with van der Waals surface area (Å²) in [7, 11) is 0. The van der Waals surface area contributed by atoms with Gasteiger partial charge in [-0.25, -0.2) is 0 Å². The molecule has 0 saturated carbocycles. The van der Waals surface area contributed by atoms with Gasteiger partial charge in [0.15, 0.2) is 0 Å². The summed E-state index contributed by atoms with van der Waals surface area (Å²) >= 11 is 0. The molecule has 0 bridgehead atoms. The van der Waals surface area contributed by atoms with Gasteiger partial charge >= 0.3 is 0 Å². The van der Waals surface area contributed by atoms with Gasteiger partial charge in [0.25, 0.3) is 6.47 Å². The van der Waals surface area contributed by atoms with Crippen LogP contribution in [0.25, 0.3) is 0 Å². The maximum atomic E-state index is 10.0. The van der Waals surface area contributed by atoms with Crippen molar-refractivity contribution in [2.24, 2.45) is 0 Å². The van der Waals surface area contributed by atoms with E-state index < -0.39 is 0 Å². The van der Waals surface area contributed by atoms with E-state index in [-0.39, 0.29) is 5.54 Å². The predicted molar refractivity (Wildman–Crippen MR) is 56.1 cm³/mol. The minimum Gasteiger partial charge on any atom is -0.467 e. The molecule has 1 aliphatic heterocycles. The van der Waals surface area contributed by atoms with E-state index in [0.717, 1.165) is 6.54 Å². The molecule has 1 fully saturated rings. The minimum atomic E-state index is 0.254. The average molecular weight is 199 g/mol. The summed E-state index contributed by atoms with van der Waals surface area (Å²) in [5.41, 5.74) is 0.254. The summed E-state index contributed by atoms with van der Waals surface area (Å²) in [6, 6.07) is 0.606.